The van der Waals surface area contributed by atoms with Crippen molar-refractivity contribution < 1.29 is 9.18 Å². The Kier molecular flexibility index (Phi) is 3.36. The van der Waals surface area contributed by atoms with E-state index >= 15 is 0 Å². The van der Waals surface area contributed by atoms with Gasteiger partial charge in [-0.1, -0.05) is 6.08 Å². The van der Waals surface area contributed by atoms with Crippen molar-refractivity contribution in [3.8, 4) is 0 Å². The van der Waals surface area contributed by atoms with Gasteiger partial charge in [0.1, 0.15) is 5.82 Å². The Balaban J connectivity index is 2.29. The van der Waals surface area contributed by atoms with Gasteiger partial charge in [0.2, 0.25) is 0 Å². The Bertz CT molecular complexity index is 472. The minimum absolute atomic E-state index is 0.178. The molecule has 0 unspecified atom stereocenters. The van der Waals surface area contributed by atoms with Gasteiger partial charge < -0.3 is 10.6 Å². The number of carbonyl (C=O) groups is 1. The van der Waals surface area contributed by atoms with Crippen LogP contribution < -0.4 is 5.73 Å². The number of hydrogen-bond donors (Lipinski definition) is 1. The van der Waals surface area contributed by atoms with Gasteiger partial charge >= 0.3 is 0 Å². The summed E-state index contributed by atoms with van der Waals surface area (Å²) in [5, 5.41) is 0. The van der Waals surface area contributed by atoms with Crippen molar-refractivity contribution in [1.82, 2.24) is 4.90 Å². The Labute approximate surface area is 106 Å². The summed E-state index contributed by atoms with van der Waals surface area (Å²) in [5.74, 6) is -0.615. The van der Waals surface area contributed by atoms with Gasteiger partial charge in [0.15, 0.2) is 0 Å². The quantitative estimate of drug-likeness (QED) is 0.657. The zero-order valence-electron chi connectivity index (χ0n) is 10.4. The second-order valence-electron chi connectivity index (χ2n) is 4.65. The molecule has 1 aromatic carbocycles. The van der Waals surface area contributed by atoms with E-state index in [0.717, 1.165) is 12.8 Å². The Morgan fingerprint density at radius 3 is 2.78 bits per heavy atom. The third-order valence-corrected chi connectivity index (χ3v) is 3.21. The summed E-state index contributed by atoms with van der Waals surface area (Å²) in [6.45, 7) is 5.73. The summed E-state index contributed by atoms with van der Waals surface area (Å²) in [6.07, 6.45) is 3.69. The van der Waals surface area contributed by atoms with Crippen LogP contribution in [0.3, 0.4) is 0 Å². The molecule has 18 heavy (non-hydrogen) atoms. The lowest BCUT2D eigenvalue weighted by Crippen LogP contribution is -2.33. The molecular weight excluding hydrogens is 231 g/mol. The van der Waals surface area contributed by atoms with E-state index < -0.39 is 5.82 Å². The Hall–Kier alpha value is -1.84. The van der Waals surface area contributed by atoms with Crippen LogP contribution in [-0.2, 0) is 0 Å². The van der Waals surface area contributed by atoms with Crippen LogP contribution in [0.25, 0.3) is 0 Å². The molecule has 4 heteroatoms. The molecule has 1 saturated carbocycles. The molecular formula is C14H17FN2O. The second-order valence-corrected chi connectivity index (χ2v) is 4.65. The smallest absolute Gasteiger partial charge is 0.254 e. The van der Waals surface area contributed by atoms with Crippen LogP contribution in [0.4, 0.5) is 10.1 Å². The highest BCUT2D eigenvalue weighted by molar-refractivity contribution is 5.95. The number of nitrogens with two attached hydrogens (primary N) is 1. The van der Waals surface area contributed by atoms with Crippen LogP contribution in [0.2, 0.25) is 0 Å². The maximum absolute atomic E-state index is 13.6. The lowest BCUT2D eigenvalue weighted by molar-refractivity contribution is 0.0762. The molecule has 1 aliphatic carbocycles. The predicted octanol–water partition coefficient (Wildman–Crippen LogP) is 2.51. The lowest BCUT2D eigenvalue weighted by Gasteiger charge is -2.21. The zero-order valence-corrected chi connectivity index (χ0v) is 10.4. The van der Waals surface area contributed by atoms with Crippen LogP contribution in [-0.4, -0.2) is 23.4 Å². The molecule has 0 heterocycles. The number of nitrogen functional groups attached to an aromatic ring is 1. The summed E-state index contributed by atoms with van der Waals surface area (Å²) in [4.78, 5) is 14.0. The van der Waals surface area contributed by atoms with Crippen LogP contribution >= 0.6 is 0 Å². The Morgan fingerprint density at radius 2 is 2.28 bits per heavy atom. The second kappa shape index (κ2) is 4.80. The monoisotopic (exact) mass is 248 g/mol. The van der Waals surface area contributed by atoms with Crippen molar-refractivity contribution in [3.63, 3.8) is 0 Å². The van der Waals surface area contributed by atoms with Gasteiger partial charge in [-0.3, -0.25) is 4.79 Å². The number of carbonyl (C=O) groups excluding carboxylic acids is 1. The molecule has 96 valence electrons. The van der Waals surface area contributed by atoms with Crippen LogP contribution in [0.1, 0.15) is 28.8 Å². The van der Waals surface area contributed by atoms with Crippen LogP contribution in [0.15, 0.2) is 24.8 Å². The highest BCUT2D eigenvalue weighted by Gasteiger charge is 2.32. The van der Waals surface area contributed by atoms with Crippen LogP contribution in [0, 0.1) is 12.7 Å². The van der Waals surface area contributed by atoms with Crippen molar-refractivity contribution in [2.24, 2.45) is 0 Å². The van der Waals surface area contributed by atoms with Gasteiger partial charge in [-0.15, -0.1) is 6.58 Å². The SMILES string of the molecule is C=CCN(C(=O)c1cc(N)c(C)c(F)c1)C1CC1. The van der Waals surface area contributed by atoms with E-state index in [9.17, 15) is 9.18 Å². The molecule has 0 spiro atoms. The van der Waals surface area contributed by atoms with Gasteiger partial charge in [-0.05, 0) is 31.9 Å². The summed E-state index contributed by atoms with van der Waals surface area (Å²) in [7, 11) is 0. The van der Waals surface area contributed by atoms with Crippen LogP contribution in [0.5, 0.6) is 0 Å². The van der Waals surface area contributed by atoms with Crippen molar-refractivity contribution in [1.29, 1.82) is 0 Å². The molecule has 2 N–H and O–H groups in total. The van der Waals surface area contributed by atoms with Gasteiger partial charge in [-0.25, -0.2) is 4.39 Å². The maximum atomic E-state index is 13.6. The first-order chi connectivity index (χ1) is 8.54. The first kappa shape index (κ1) is 12.6. The van der Waals surface area contributed by atoms with Crippen molar-refractivity contribution in [2.45, 2.75) is 25.8 Å². The maximum Gasteiger partial charge on any atom is 0.254 e. The van der Waals surface area contributed by atoms with Gasteiger partial charge in [-0.2, -0.15) is 0 Å². The number of benzene rings is 1. The van der Waals surface area contributed by atoms with Gasteiger partial charge in [0, 0.05) is 29.4 Å². The van der Waals surface area contributed by atoms with E-state index in [2.05, 4.69) is 6.58 Å². The zero-order chi connectivity index (χ0) is 13.3. The molecule has 1 amide bonds. The summed E-state index contributed by atoms with van der Waals surface area (Å²) in [6, 6.07) is 3.06. The average molecular weight is 248 g/mol. The van der Waals surface area contributed by atoms with E-state index in [1.54, 1.807) is 24.0 Å². The van der Waals surface area contributed by atoms with Crippen molar-refractivity contribution in [3.05, 3.63) is 41.7 Å². The molecule has 0 atom stereocenters. The van der Waals surface area contributed by atoms with E-state index in [1.807, 2.05) is 0 Å². The van der Waals surface area contributed by atoms with Crippen molar-refractivity contribution in [2.75, 3.05) is 12.3 Å². The highest BCUT2D eigenvalue weighted by Crippen LogP contribution is 2.29. The summed E-state index contributed by atoms with van der Waals surface area (Å²) < 4.78 is 13.6. The molecule has 0 aromatic heterocycles. The molecule has 2 rings (SSSR count). The predicted molar refractivity (Wildman–Crippen MR) is 69.8 cm³/mol. The molecule has 3 nitrogen and oxygen atoms in total. The first-order valence-corrected chi connectivity index (χ1v) is 6.02. The normalized spacial score (nSPS) is 14.3. The topological polar surface area (TPSA) is 46.3 Å². The van der Waals surface area contributed by atoms with E-state index in [-0.39, 0.29) is 11.9 Å². The molecule has 0 bridgehead atoms. The number of amides is 1. The van der Waals surface area contributed by atoms with E-state index in [0.29, 0.717) is 23.4 Å². The standard InChI is InChI=1S/C14H17FN2O/c1-3-6-17(11-4-5-11)14(18)10-7-12(15)9(2)13(16)8-10/h3,7-8,11H,1,4-6,16H2,2H3. The third kappa shape index (κ3) is 2.37. The number of halogens is 1. The Morgan fingerprint density at radius 1 is 1.61 bits per heavy atom. The number of rotatable bonds is 4. The first-order valence-electron chi connectivity index (χ1n) is 6.02. The summed E-state index contributed by atoms with van der Waals surface area (Å²) >= 11 is 0. The fourth-order valence-electron chi connectivity index (χ4n) is 1.91. The van der Waals surface area contributed by atoms with E-state index in [4.69, 9.17) is 5.73 Å². The highest BCUT2D eigenvalue weighted by atomic mass is 19.1. The fraction of sp³-hybridized carbons (Fsp3) is 0.357. The molecule has 0 radical (unpaired) electrons. The number of hydrogen-bond acceptors (Lipinski definition) is 2. The molecule has 1 aliphatic rings. The van der Waals surface area contributed by atoms with Gasteiger partial charge in [0.25, 0.3) is 5.91 Å². The average Bonchev–Trinajstić information content (AvgIpc) is 3.15. The van der Waals surface area contributed by atoms with E-state index in [1.165, 1.54) is 6.07 Å². The van der Waals surface area contributed by atoms with Crippen molar-refractivity contribution >= 4 is 11.6 Å². The number of anilines is 1. The summed E-state index contributed by atoms with van der Waals surface area (Å²) in [5.41, 5.74) is 6.70. The third-order valence-electron chi connectivity index (χ3n) is 3.21. The molecule has 0 saturated heterocycles. The van der Waals surface area contributed by atoms with Gasteiger partial charge in [0.05, 0.1) is 0 Å². The molecule has 1 aromatic rings. The fourth-order valence-corrected chi connectivity index (χ4v) is 1.91. The largest absolute Gasteiger partial charge is 0.398 e. The molecule has 0 aliphatic heterocycles. The lowest BCUT2D eigenvalue weighted by atomic mass is 10.1. The minimum atomic E-state index is -0.437. The molecule has 1 fully saturated rings. The number of nitrogens with zero attached hydrogens (tertiary/aromatic N) is 1. The minimum Gasteiger partial charge on any atom is -0.398 e.